The molecule has 34 heavy (non-hydrogen) atoms. The summed E-state index contributed by atoms with van der Waals surface area (Å²) in [5, 5.41) is 2.83. The molecule has 1 N–H and O–H groups in total. The van der Waals surface area contributed by atoms with Crippen LogP contribution in [0.15, 0.2) is 42.7 Å². The molecule has 0 unspecified atom stereocenters. The maximum atomic E-state index is 13.0. The number of nitrogens with one attached hydrogen (secondary N) is 1. The van der Waals surface area contributed by atoms with Gasteiger partial charge in [-0.05, 0) is 50.5 Å². The molecule has 0 saturated carbocycles. The van der Waals surface area contributed by atoms with Gasteiger partial charge in [-0.2, -0.15) is 13.2 Å². The van der Waals surface area contributed by atoms with Gasteiger partial charge in [0.2, 0.25) is 0 Å². The van der Waals surface area contributed by atoms with E-state index in [-0.39, 0.29) is 5.91 Å². The number of nitrogens with zero attached hydrogens (tertiary/aromatic N) is 5. The predicted octanol–water partition coefficient (Wildman–Crippen LogP) is 3.66. The van der Waals surface area contributed by atoms with Crippen LogP contribution in [0.5, 0.6) is 0 Å². The Morgan fingerprint density at radius 2 is 1.76 bits per heavy atom. The zero-order chi connectivity index (χ0) is 24.1. The average molecular weight is 477 g/mol. The molecule has 4 heterocycles. The Labute approximate surface area is 198 Å². The smallest absolute Gasteiger partial charge is 0.355 e. The van der Waals surface area contributed by atoms with Gasteiger partial charge in [0.05, 0.1) is 0 Å². The van der Waals surface area contributed by atoms with Crippen molar-refractivity contribution < 1.29 is 18.0 Å². The lowest BCUT2D eigenvalue weighted by molar-refractivity contribution is -0.182. The molecule has 0 aliphatic carbocycles. The summed E-state index contributed by atoms with van der Waals surface area (Å²) in [5.41, 5.74) is 1.01. The number of anilines is 2. The molecule has 184 valence electrons. The number of hydrogen-bond acceptors (Lipinski definition) is 6. The summed E-state index contributed by atoms with van der Waals surface area (Å²) in [6, 6.07) is 7.81. The Balaban J connectivity index is 1.32. The van der Waals surface area contributed by atoms with Crippen molar-refractivity contribution in [3.8, 4) is 0 Å². The first-order chi connectivity index (χ1) is 16.3. The van der Waals surface area contributed by atoms with Gasteiger partial charge in [-0.25, -0.2) is 4.98 Å². The van der Waals surface area contributed by atoms with Crippen molar-refractivity contribution in [1.29, 1.82) is 0 Å². The van der Waals surface area contributed by atoms with Crippen molar-refractivity contribution in [1.82, 2.24) is 19.8 Å². The van der Waals surface area contributed by atoms with Crippen LogP contribution in [0, 0.1) is 0 Å². The van der Waals surface area contributed by atoms with Crippen LogP contribution in [0.3, 0.4) is 0 Å². The van der Waals surface area contributed by atoms with Crippen LogP contribution in [0.4, 0.5) is 24.7 Å². The predicted molar refractivity (Wildman–Crippen MR) is 125 cm³/mol. The van der Waals surface area contributed by atoms with Crippen LogP contribution in [0.2, 0.25) is 0 Å². The minimum Gasteiger partial charge on any atom is -0.355 e. The van der Waals surface area contributed by atoms with Crippen molar-refractivity contribution in [2.24, 2.45) is 0 Å². The number of aromatic nitrogens is 2. The van der Waals surface area contributed by atoms with Crippen molar-refractivity contribution in [3.05, 3.63) is 48.4 Å². The normalized spacial score (nSPS) is 20.1. The molecular weight excluding hydrogens is 445 g/mol. The maximum Gasteiger partial charge on any atom is 0.403 e. The molecule has 2 aliphatic rings. The first kappa shape index (κ1) is 24.4. The molecule has 4 rings (SSSR count). The van der Waals surface area contributed by atoms with Gasteiger partial charge in [0, 0.05) is 63.4 Å². The third kappa shape index (κ3) is 6.04. The first-order valence-corrected chi connectivity index (χ1v) is 11.8. The number of carbonyl (C=O) groups is 1. The number of likely N-dealkylation sites (tertiary alicyclic amines) is 1. The molecule has 2 aliphatic heterocycles. The van der Waals surface area contributed by atoms with E-state index in [1.165, 1.54) is 6.92 Å². The molecule has 2 fully saturated rings. The van der Waals surface area contributed by atoms with Gasteiger partial charge in [-0.1, -0.05) is 6.07 Å². The van der Waals surface area contributed by atoms with Crippen LogP contribution < -0.4 is 10.2 Å². The molecule has 0 bridgehead atoms. The summed E-state index contributed by atoms with van der Waals surface area (Å²) in [7, 11) is 0. The fourth-order valence-electron chi connectivity index (χ4n) is 4.73. The van der Waals surface area contributed by atoms with E-state index >= 15 is 0 Å². The Bertz CT molecular complexity index is 949. The van der Waals surface area contributed by atoms with Gasteiger partial charge in [-0.15, -0.1) is 0 Å². The van der Waals surface area contributed by atoms with E-state index in [9.17, 15) is 18.0 Å². The summed E-state index contributed by atoms with van der Waals surface area (Å²) in [5.74, 6) is 0.488. The van der Waals surface area contributed by atoms with E-state index < -0.39 is 12.2 Å². The highest BCUT2D eigenvalue weighted by molar-refractivity contribution is 6.03. The minimum atomic E-state index is -4.17. The Hall–Kier alpha value is -2.72. The number of hydrogen-bond donors (Lipinski definition) is 1. The van der Waals surface area contributed by atoms with Gasteiger partial charge < -0.3 is 10.2 Å². The molecular formula is C24H31F3N6O. The molecule has 0 aromatic carbocycles. The summed E-state index contributed by atoms with van der Waals surface area (Å²) in [6.45, 7) is 5.53. The second-order valence-corrected chi connectivity index (χ2v) is 8.93. The zero-order valence-electron chi connectivity index (χ0n) is 19.3. The van der Waals surface area contributed by atoms with E-state index in [2.05, 4.69) is 25.1 Å². The Kier molecular flexibility index (Phi) is 7.67. The van der Waals surface area contributed by atoms with E-state index in [0.29, 0.717) is 30.5 Å². The fraction of sp³-hybridized carbons (Fsp3) is 0.542. The van der Waals surface area contributed by atoms with Crippen LogP contribution >= 0.6 is 0 Å². The second-order valence-electron chi connectivity index (χ2n) is 8.93. The number of halogens is 3. The molecule has 0 spiro atoms. The lowest BCUT2D eigenvalue weighted by Crippen LogP contribution is -2.51. The SMILES string of the molecule is C[C@@H](N1CCC(N2CCCN(c3cccc(C(=O)Nc4ccncc4)n3)CC2)CC1)C(F)(F)F. The van der Waals surface area contributed by atoms with Gasteiger partial charge in [-0.3, -0.25) is 19.6 Å². The summed E-state index contributed by atoms with van der Waals surface area (Å²) in [6.07, 6.45) is 1.50. The lowest BCUT2D eigenvalue weighted by Gasteiger charge is -2.40. The highest BCUT2D eigenvalue weighted by Crippen LogP contribution is 2.28. The highest BCUT2D eigenvalue weighted by Gasteiger charge is 2.41. The third-order valence-corrected chi connectivity index (χ3v) is 6.80. The number of piperidine rings is 1. The standard InChI is InChI=1S/C24H31F3N6O/c1-18(24(25,26)27)31-14-8-20(9-15-31)32-12-3-13-33(17-16-32)22-5-2-4-21(30-22)23(34)29-19-6-10-28-11-7-19/h2,4-7,10-11,18,20H,3,8-9,12-17H2,1H3,(H,28,29,34)/t18-/m1/s1. The topological polar surface area (TPSA) is 64.6 Å². The van der Waals surface area contributed by atoms with Crippen molar-refractivity contribution in [2.75, 3.05) is 49.5 Å². The third-order valence-electron chi connectivity index (χ3n) is 6.80. The molecule has 1 amide bonds. The Morgan fingerprint density at radius 1 is 1.03 bits per heavy atom. The first-order valence-electron chi connectivity index (χ1n) is 11.8. The van der Waals surface area contributed by atoms with Crippen molar-refractivity contribution in [3.63, 3.8) is 0 Å². The molecule has 2 aromatic heterocycles. The number of carbonyl (C=O) groups excluding carboxylic acids is 1. The largest absolute Gasteiger partial charge is 0.403 e. The summed E-state index contributed by atoms with van der Waals surface area (Å²) < 4.78 is 39.1. The van der Waals surface area contributed by atoms with Gasteiger partial charge in [0.1, 0.15) is 17.6 Å². The summed E-state index contributed by atoms with van der Waals surface area (Å²) >= 11 is 0. The zero-order valence-corrected chi connectivity index (χ0v) is 19.3. The van der Waals surface area contributed by atoms with Crippen LogP contribution in [0.1, 0.15) is 36.7 Å². The highest BCUT2D eigenvalue weighted by atomic mass is 19.4. The number of alkyl halides is 3. The lowest BCUT2D eigenvalue weighted by atomic mass is 10.0. The number of amides is 1. The van der Waals surface area contributed by atoms with Crippen LogP contribution in [0.25, 0.3) is 0 Å². The monoisotopic (exact) mass is 476 g/mol. The maximum absolute atomic E-state index is 13.0. The van der Waals surface area contributed by atoms with Gasteiger partial charge in [0.25, 0.3) is 5.91 Å². The second kappa shape index (κ2) is 10.7. The van der Waals surface area contributed by atoms with E-state index in [4.69, 9.17) is 0 Å². The molecule has 1 atom stereocenters. The molecule has 10 heteroatoms. The van der Waals surface area contributed by atoms with E-state index in [1.54, 1.807) is 35.5 Å². The fourth-order valence-corrected chi connectivity index (χ4v) is 4.73. The minimum absolute atomic E-state index is 0.274. The number of rotatable bonds is 5. The van der Waals surface area contributed by atoms with Crippen LogP contribution in [-0.4, -0.2) is 83.2 Å². The molecule has 2 aromatic rings. The summed E-state index contributed by atoms with van der Waals surface area (Å²) in [4.78, 5) is 27.3. The van der Waals surface area contributed by atoms with Gasteiger partial charge >= 0.3 is 6.18 Å². The quantitative estimate of drug-likeness (QED) is 0.711. The molecule has 7 nitrogen and oxygen atoms in total. The average Bonchev–Trinajstić information content (AvgIpc) is 3.10. The number of pyridine rings is 2. The van der Waals surface area contributed by atoms with Crippen LogP contribution in [-0.2, 0) is 0 Å². The van der Waals surface area contributed by atoms with Crippen molar-refractivity contribution in [2.45, 2.75) is 44.4 Å². The van der Waals surface area contributed by atoms with E-state index in [1.807, 2.05) is 12.1 Å². The van der Waals surface area contributed by atoms with E-state index in [0.717, 1.165) is 51.3 Å². The molecule has 2 saturated heterocycles. The van der Waals surface area contributed by atoms with Crippen molar-refractivity contribution >= 4 is 17.4 Å². The van der Waals surface area contributed by atoms with Gasteiger partial charge in [0.15, 0.2) is 0 Å². The Morgan fingerprint density at radius 3 is 2.47 bits per heavy atom. The molecule has 0 radical (unpaired) electrons.